The molecule has 9 nitrogen and oxygen atoms in total. The van der Waals surface area contributed by atoms with Gasteiger partial charge < -0.3 is 14.8 Å². The van der Waals surface area contributed by atoms with Gasteiger partial charge in [-0.25, -0.2) is 14.7 Å². The number of amides is 1. The molecule has 0 radical (unpaired) electrons. The van der Waals surface area contributed by atoms with Crippen LogP contribution in [0.15, 0.2) is 84.1 Å². The van der Waals surface area contributed by atoms with Gasteiger partial charge in [0.05, 0.1) is 23.7 Å². The molecule has 0 saturated carbocycles. The van der Waals surface area contributed by atoms with Crippen LogP contribution < -0.4 is 10.1 Å². The maximum absolute atomic E-state index is 12.9. The number of amidine groups is 1. The van der Waals surface area contributed by atoms with Crippen LogP contribution in [0.25, 0.3) is 17.1 Å². The zero-order chi connectivity index (χ0) is 31.0. The monoisotopic (exact) mass is 611 g/mol. The minimum atomic E-state index is -4.77. The number of alkyl halides is 3. The van der Waals surface area contributed by atoms with Crippen molar-refractivity contribution in [2.75, 3.05) is 5.94 Å². The third-order valence-electron chi connectivity index (χ3n) is 5.86. The molecule has 0 unspecified atom stereocenters. The Hall–Kier alpha value is -4.65. The molecule has 13 heteroatoms. The molecule has 0 fully saturated rings. The molecule has 0 spiro atoms. The van der Waals surface area contributed by atoms with Crippen molar-refractivity contribution in [3.8, 4) is 22.8 Å². The maximum atomic E-state index is 12.9. The number of hydrogen-bond donors (Lipinski definition) is 1. The first-order valence-corrected chi connectivity index (χ1v) is 14.1. The summed E-state index contributed by atoms with van der Waals surface area (Å²) in [5.74, 6) is -0.858. The first-order valence-electron chi connectivity index (χ1n) is 13.1. The number of carbonyl (C=O) groups is 2. The van der Waals surface area contributed by atoms with Crippen molar-refractivity contribution in [3.05, 3.63) is 90.3 Å². The fraction of sp³-hybridized carbons (Fsp3) is 0.233. The lowest BCUT2D eigenvalue weighted by Crippen LogP contribution is -2.30. The minimum absolute atomic E-state index is 0.00182. The summed E-state index contributed by atoms with van der Waals surface area (Å²) in [7, 11) is 0. The molecule has 0 aliphatic rings. The third kappa shape index (κ3) is 9.43. The second-order valence-corrected chi connectivity index (χ2v) is 10.5. The lowest BCUT2D eigenvalue weighted by Gasteiger charge is -2.11. The lowest BCUT2D eigenvalue weighted by atomic mass is 10.1. The molecule has 4 rings (SSSR count). The Labute approximate surface area is 250 Å². The summed E-state index contributed by atoms with van der Waals surface area (Å²) in [4.78, 5) is 33.6. The van der Waals surface area contributed by atoms with Crippen LogP contribution in [0, 0.1) is 12.8 Å². The van der Waals surface area contributed by atoms with Crippen LogP contribution in [0.2, 0.25) is 0 Å². The predicted molar refractivity (Wildman–Crippen MR) is 157 cm³/mol. The molecule has 1 N–H and O–H groups in total. The Morgan fingerprint density at radius 1 is 1.02 bits per heavy atom. The summed E-state index contributed by atoms with van der Waals surface area (Å²) in [5, 5.41) is 7.51. The number of nitrogens with one attached hydrogen (secondary N) is 1. The van der Waals surface area contributed by atoms with Crippen molar-refractivity contribution < 1.29 is 32.2 Å². The number of hydrogen-bond acceptors (Lipinski definition) is 8. The normalized spacial score (nSPS) is 11.8. The van der Waals surface area contributed by atoms with E-state index in [1.165, 1.54) is 35.3 Å². The number of carbonyl (C=O) groups excluding carboxylic acids is 2. The average molecular weight is 612 g/mol. The van der Waals surface area contributed by atoms with Crippen LogP contribution in [-0.2, 0) is 20.7 Å². The van der Waals surface area contributed by atoms with Gasteiger partial charge in [0.1, 0.15) is 18.0 Å². The van der Waals surface area contributed by atoms with E-state index in [1.54, 1.807) is 38.1 Å². The average Bonchev–Trinajstić information content (AvgIpc) is 3.44. The fourth-order valence-electron chi connectivity index (χ4n) is 3.65. The van der Waals surface area contributed by atoms with Gasteiger partial charge in [0.2, 0.25) is 5.91 Å². The summed E-state index contributed by atoms with van der Waals surface area (Å²) < 4.78 is 47.8. The zero-order valence-electron chi connectivity index (χ0n) is 23.5. The van der Waals surface area contributed by atoms with Crippen LogP contribution in [0.5, 0.6) is 5.75 Å². The molecule has 0 saturated heterocycles. The maximum Gasteiger partial charge on any atom is 0.573 e. The SMILES string of the molecule is Cc1ccccc1N=C(NC(=O)Cc1ccc(-c2ncn(-c3ccc(OC(F)(F)F)cc3)n2)cc1)SCOC(=O)C(C)C. The second kappa shape index (κ2) is 14.0. The Bertz CT molecular complexity index is 1590. The lowest BCUT2D eigenvalue weighted by molar-refractivity contribution is -0.274. The van der Waals surface area contributed by atoms with Crippen LogP contribution >= 0.6 is 11.8 Å². The van der Waals surface area contributed by atoms with E-state index in [1.807, 2.05) is 31.2 Å². The van der Waals surface area contributed by atoms with Gasteiger partial charge in [0, 0.05) is 5.56 Å². The van der Waals surface area contributed by atoms with E-state index in [-0.39, 0.29) is 35.9 Å². The highest BCUT2D eigenvalue weighted by atomic mass is 32.2. The fourth-order valence-corrected chi connectivity index (χ4v) is 4.28. The highest BCUT2D eigenvalue weighted by Crippen LogP contribution is 2.24. The largest absolute Gasteiger partial charge is 0.573 e. The van der Waals surface area contributed by atoms with Crippen molar-refractivity contribution in [3.63, 3.8) is 0 Å². The number of aryl methyl sites for hydroxylation is 1. The van der Waals surface area contributed by atoms with Crippen molar-refractivity contribution in [2.24, 2.45) is 10.9 Å². The van der Waals surface area contributed by atoms with Crippen LogP contribution in [0.3, 0.4) is 0 Å². The summed E-state index contributed by atoms with van der Waals surface area (Å²) in [6.45, 7) is 5.39. The Balaban J connectivity index is 1.39. The van der Waals surface area contributed by atoms with Gasteiger partial charge in [-0.1, -0.05) is 56.3 Å². The quantitative estimate of drug-likeness (QED) is 0.101. The van der Waals surface area contributed by atoms with E-state index >= 15 is 0 Å². The predicted octanol–water partition coefficient (Wildman–Crippen LogP) is 6.38. The number of rotatable bonds is 9. The van der Waals surface area contributed by atoms with Gasteiger partial charge in [0.15, 0.2) is 11.0 Å². The van der Waals surface area contributed by atoms with Crippen LogP contribution in [-0.4, -0.2) is 44.1 Å². The molecule has 1 heterocycles. The number of benzene rings is 3. The van der Waals surface area contributed by atoms with E-state index in [0.717, 1.165) is 22.9 Å². The van der Waals surface area contributed by atoms with E-state index in [0.29, 0.717) is 27.9 Å². The van der Waals surface area contributed by atoms with Crippen molar-refractivity contribution in [1.82, 2.24) is 20.1 Å². The number of nitrogens with zero attached hydrogens (tertiary/aromatic N) is 4. The molecule has 3 aromatic carbocycles. The first kappa shape index (κ1) is 31.3. The number of thioether (sulfide) groups is 1. The topological polar surface area (TPSA) is 108 Å². The molecule has 1 amide bonds. The van der Waals surface area contributed by atoms with Gasteiger partial charge in [0.25, 0.3) is 0 Å². The molecule has 4 aromatic rings. The zero-order valence-corrected chi connectivity index (χ0v) is 24.3. The molecule has 0 aliphatic heterocycles. The van der Waals surface area contributed by atoms with Gasteiger partial charge in [-0.15, -0.1) is 18.3 Å². The van der Waals surface area contributed by atoms with Crippen molar-refractivity contribution in [2.45, 2.75) is 33.6 Å². The number of ether oxygens (including phenoxy) is 2. The van der Waals surface area contributed by atoms with Gasteiger partial charge >= 0.3 is 12.3 Å². The minimum Gasteiger partial charge on any atom is -0.454 e. The number of halogens is 3. The first-order chi connectivity index (χ1) is 20.5. The van der Waals surface area contributed by atoms with Gasteiger partial charge in [-0.3, -0.25) is 9.59 Å². The van der Waals surface area contributed by atoms with E-state index in [4.69, 9.17) is 4.74 Å². The van der Waals surface area contributed by atoms with Gasteiger partial charge in [-0.05, 0) is 60.1 Å². The summed E-state index contributed by atoms with van der Waals surface area (Å²) in [6, 6.07) is 19.8. The van der Waals surface area contributed by atoms with Gasteiger partial charge in [-0.2, -0.15) is 0 Å². The molecule has 0 atom stereocenters. The van der Waals surface area contributed by atoms with E-state index in [9.17, 15) is 22.8 Å². The van der Waals surface area contributed by atoms with Crippen LogP contribution in [0.4, 0.5) is 18.9 Å². The Morgan fingerprint density at radius 2 is 1.72 bits per heavy atom. The number of para-hydroxylation sites is 1. The highest BCUT2D eigenvalue weighted by Gasteiger charge is 2.31. The Morgan fingerprint density at radius 3 is 2.37 bits per heavy atom. The summed E-state index contributed by atoms with van der Waals surface area (Å²) in [6.07, 6.45) is -3.26. The third-order valence-corrected chi connectivity index (χ3v) is 6.56. The standard InChI is InChI=1S/C30H28F3N5O4S/c1-19(2)28(40)41-18-43-29(35-25-7-5-4-6-20(25)3)36-26(39)16-21-8-10-22(11-9-21)27-34-17-38(37-27)23-12-14-24(15-13-23)42-30(31,32)33/h4-15,17,19H,16,18H2,1-3H3,(H,35,36,39). The number of aromatic nitrogens is 3. The van der Waals surface area contributed by atoms with E-state index < -0.39 is 6.36 Å². The molecule has 224 valence electrons. The van der Waals surface area contributed by atoms with Crippen LogP contribution in [0.1, 0.15) is 25.0 Å². The number of esters is 1. The summed E-state index contributed by atoms with van der Waals surface area (Å²) >= 11 is 1.11. The van der Waals surface area contributed by atoms with E-state index in [2.05, 4.69) is 25.1 Å². The molecular formula is C30H28F3N5O4S. The van der Waals surface area contributed by atoms with Crippen molar-refractivity contribution >= 4 is 34.5 Å². The summed E-state index contributed by atoms with van der Waals surface area (Å²) in [5.41, 5.74) is 3.52. The Kier molecular flexibility index (Phi) is 10.2. The second-order valence-electron chi connectivity index (χ2n) is 9.56. The highest BCUT2D eigenvalue weighted by molar-refractivity contribution is 8.13. The molecule has 0 bridgehead atoms. The van der Waals surface area contributed by atoms with Crippen molar-refractivity contribution in [1.29, 1.82) is 0 Å². The molecule has 1 aromatic heterocycles. The molecular weight excluding hydrogens is 583 g/mol. The number of aliphatic imine (C=N–C) groups is 1. The molecule has 0 aliphatic carbocycles. The smallest absolute Gasteiger partial charge is 0.454 e. The molecule has 43 heavy (non-hydrogen) atoms.